The smallest absolute Gasteiger partial charge is 0.338 e. The second kappa shape index (κ2) is 11.5. The fourth-order valence-electron chi connectivity index (χ4n) is 4.18. The minimum Gasteiger partial charge on any atom is -0.494 e. The van der Waals surface area contributed by atoms with E-state index in [1.807, 2.05) is 31.2 Å². The van der Waals surface area contributed by atoms with Gasteiger partial charge in [-0.2, -0.15) is 0 Å². The number of benzene rings is 2. The molecular weight excluding hydrogens is 508 g/mol. The van der Waals surface area contributed by atoms with Gasteiger partial charge >= 0.3 is 11.9 Å². The van der Waals surface area contributed by atoms with Gasteiger partial charge in [0.2, 0.25) is 0 Å². The zero-order valence-corrected chi connectivity index (χ0v) is 22.6. The van der Waals surface area contributed by atoms with Gasteiger partial charge in [0, 0.05) is 6.92 Å². The van der Waals surface area contributed by atoms with Crippen molar-refractivity contribution in [1.29, 1.82) is 0 Å². The monoisotopic (exact) mass is 536 g/mol. The Morgan fingerprint density at radius 1 is 1.08 bits per heavy atom. The summed E-state index contributed by atoms with van der Waals surface area (Å²) in [5, 5.41) is 0. The summed E-state index contributed by atoms with van der Waals surface area (Å²) in [6, 6.07) is 11.6. The zero-order chi connectivity index (χ0) is 27.4. The van der Waals surface area contributed by atoms with Gasteiger partial charge in [0.15, 0.2) is 16.3 Å². The van der Waals surface area contributed by atoms with Gasteiger partial charge in [-0.1, -0.05) is 29.5 Å². The van der Waals surface area contributed by atoms with Gasteiger partial charge in [-0.25, -0.2) is 9.79 Å². The molecule has 0 spiro atoms. The Labute approximate surface area is 223 Å². The van der Waals surface area contributed by atoms with E-state index < -0.39 is 18.0 Å². The number of carbonyl (C=O) groups is 2. The summed E-state index contributed by atoms with van der Waals surface area (Å²) in [5.41, 5.74) is 1.89. The second-order valence-corrected chi connectivity index (χ2v) is 9.32. The Morgan fingerprint density at radius 2 is 1.82 bits per heavy atom. The fraction of sp³-hybridized carbons (Fsp3) is 0.286. The maximum atomic E-state index is 13.8. The van der Waals surface area contributed by atoms with E-state index in [0.717, 1.165) is 5.56 Å². The normalized spacial score (nSPS) is 15.0. The topological polar surface area (TPSA) is 105 Å². The Balaban J connectivity index is 1.87. The summed E-state index contributed by atoms with van der Waals surface area (Å²) in [6.07, 6.45) is 1.71. The van der Waals surface area contributed by atoms with E-state index in [1.165, 1.54) is 29.9 Å². The zero-order valence-electron chi connectivity index (χ0n) is 21.8. The van der Waals surface area contributed by atoms with E-state index in [0.29, 0.717) is 44.3 Å². The molecule has 0 unspecified atom stereocenters. The number of nitrogens with zero attached hydrogens (tertiary/aromatic N) is 2. The Morgan fingerprint density at radius 3 is 2.45 bits per heavy atom. The number of hydrogen-bond donors (Lipinski definition) is 0. The van der Waals surface area contributed by atoms with Crippen LogP contribution in [-0.2, 0) is 14.3 Å². The molecule has 0 aliphatic carbocycles. The summed E-state index contributed by atoms with van der Waals surface area (Å²) >= 11 is 1.22. The van der Waals surface area contributed by atoms with Crippen LogP contribution < -0.4 is 29.1 Å². The van der Waals surface area contributed by atoms with Crippen LogP contribution in [0, 0.1) is 0 Å². The SMILES string of the molecule is CCOC(=O)C1=C(C)N=c2s/c(=C\c3ccc(OC(C)=O)c(OC)c3)c(=O)n2[C@H]1c1ccc(OCC)cc1. The van der Waals surface area contributed by atoms with Crippen molar-refractivity contribution < 1.29 is 28.5 Å². The number of rotatable bonds is 8. The van der Waals surface area contributed by atoms with Gasteiger partial charge in [-0.15, -0.1) is 0 Å². The van der Waals surface area contributed by atoms with Crippen LogP contribution in [0.3, 0.4) is 0 Å². The first kappa shape index (κ1) is 26.9. The van der Waals surface area contributed by atoms with Crippen molar-refractivity contribution in [2.45, 2.75) is 33.7 Å². The van der Waals surface area contributed by atoms with Crippen molar-refractivity contribution in [3.05, 3.63) is 84.5 Å². The maximum absolute atomic E-state index is 13.8. The number of hydrogen-bond acceptors (Lipinski definition) is 9. The number of ether oxygens (including phenoxy) is 4. The predicted molar refractivity (Wildman–Crippen MR) is 142 cm³/mol. The number of aromatic nitrogens is 1. The number of methoxy groups -OCH3 is 1. The minimum atomic E-state index is -0.719. The van der Waals surface area contributed by atoms with Gasteiger partial charge in [-0.05, 0) is 62.2 Å². The molecule has 2 aromatic carbocycles. The molecule has 0 bridgehead atoms. The van der Waals surface area contributed by atoms with Gasteiger partial charge in [0.25, 0.3) is 5.56 Å². The molecule has 1 aliphatic heterocycles. The number of fused-ring (bicyclic) bond motifs is 1. The highest BCUT2D eigenvalue weighted by molar-refractivity contribution is 7.07. The van der Waals surface area contributed by atoms with Crippen molar-refractivity contribution in [2.75, 3.05) is 20.3 Å². The molecule has 0 amide bonds. The number of thiazole rings is 1. The number of allylic oxidation sites excluding steroid dienone is 1. The van der Waals surface area contributed by atoms with Gasteiger partial charge in [-0.3, -0.25) is 14.2 Å². The molecule has 10 heteroatoms. The molecule has 9 nitrogen and oxygen atoms in total. The molecule has 2 heterocycles. The molecule has 0 saturated carbocycles. The van der Waals surface area contributed by atoms with Gasteiger partial charge in [0.1, 0.15) is 5.75 Å². The Kier molecular flexibility index (Phi) is 8.11. The molecule has 38 heavy (non-hydrogen) atoms. The lowest BCUT2D eigenvalue weighted by molar-refractivity contribution is -0.139. The van der Waals surface area contributed by atoms with E-state index in [2.05, 4.69) is 4.99 Å². The molecule has 198 valence electrons. The third-order valence-electron chi connectivity index (χ3n) is 5.76. The minimum absolute atomic E-state index is 0.196. The number of carbonyl (C=O) groups excluding carboxylic acids is 2. The van der Waals surface area contributed by atoms with E-state index in [4.69, 9.17) is 18.9 Å². The Hall–Kier alpha value is -4.18. The third-order valence-corrected chi connectivity index (χ3v) is 6.75. The fourth-order valence-corrected chi connectivity index (χ4v) is 5.23. The van der Waals surface area contributed by atoms with E-state index >= 15 is 0 Å². The highest BCUT2D eigenvalue weighted by Crippen LogP contribution is 2.32. The Bertz CT molecular complexity index is 1580. The second-order valence-electron chi connectivity index (χ2n) is 8.31. The average molecular weight is 537 g/mol. The van der Waals surface area contributed by atoms with Crippen LogP contribution in [0.25, 0.3) is 6.08 Å². The van der Waals surface area contributed by atoms with Crippen LogP contribution in [0.5, 0.6) is 17.2 Å². The molecule has 0 N–H and O–H groups in total. The predicted octanol–water partition coefficient (Wildman–Crippen LogP) is 3.13. The van der Waals surface area contributed by atoms with Crippen molar-refractivity contribution in [2.24, 2.45) is 4.99 Å². The standard InChI is InChI=1S/C28H28N2O7S/c1-6-35-20-11-9-19(10-12-20)25-24(27(33)36-7-2)16(3)29-28-30(25)26(32)23(38-28)15-18-8-13-21(37-17(4)31)22(14-18)34-5/h8-15,25H,6-7H2,1-5H3/b23-15-/t25-/m0/s1. The summed E-state index contributed by atoms with van der Waals surface area (Å²) in [7, 11) is 1.47. The lowest BCUT2D eigenvalue weighted by atomic mass is 9.96. The summed E-state index contributed by atoms with van der Waals surface area (Å²) in [4.78, 5) is 43.2. The van der Waals surface area contributed by atoms with Crippen LogP contribution in [0.15, 0.2) is 63.5 Å². The summed E-state index contributed by atoms with van der Waals surface area (Å²) < 4.78 is 23.4. The molecule has 4 rings (SSSR count). The molecular formula is C28H28N2O7S. The first-order valence-corrected chi connectivity index (χ1v) is 12.9. The van der Waals surface area contributed by atoms with E-state index in [9.17, 15) is 14.4 Å². The van der Waals surface area contributed by atoms with Crippen LogP contribution in [0.4, 0.5) is 0 Å². The first-order valence-electron chi connectivity index (χ1n) is 12.1. The van der Waals surface area contributed by atoms with Crippen LogP contribution in [-0.4, -0.2) is 36.8 Å². The number of esters is 2. The highest BCUT2D eigenvalue weighted by atomic mass is 32.1. The van der Waals surface area contributed by atoms with Crippen molar-refractivity contribution in [1.82, 2.24) is 4.57 Å². The van der Waals surface area contributed by atoms with E-state index in [1.54, 1.807) is 38.1 Å². The molecule has 1 aromatic heterocycles. The van der Waals surface area contributed by atoms with Crippen LogP contribution >= 0.6 is 11.3 Å². The summed E-state index contributed by atoms with van der Waals surface area (Å²) in [6.45, 7) is 7.40. The van der Waals surface area contributed by atoms with Gasteiger partial charge in [0.05, 0.1) is 42.2 Å². The summed E-state index contributed by atoms with van der Waals surface area (Å²) in [5.74, 6) is 0.338. The maximum Gasteiger partial charge on any atom is 0.338 e. The lowest BCUT2D eigenvalue weighted by Crippen LogP contribution is -2.39. The van der Waals surface area contributed by atoms with Crippen molar-refractivity contribution in [3.8, 4) is 17.2 Å². The quantitative estimate of drug-likeness (QED) is 0.322. The van der Waals surface area contributed by atoms with Crippen molar-refractivity contribution >= 4 is 29.4 Å². The average Bonchev–Trinajstić information content (AvgIpc) is 3.18. The highest BCUT2D eigenvalue weighted by Gasteiger charge is 2.33. The third kappa shape index (κ3) is 5.40. The van der Waals surface area contributed by atoms with Crippen molar-refractivity contribution in [3.63, 3.8) is 0 Å². The molecule has 0 fully saturated rings. The van der Waals surface area contributed by atoms with E-state index in [-0.39, 0.29) is 17.9 Å². The molecule has 3 aromatic rings. The molecule has 1 atom stereocenters. The molecule has 0 saturated heterocycles. The largest absolute Gasteiger partial charge is 0.494 e. The van der Waals surface area contributed by atoms with Crippen LogP contribution in [0.2, 0.25) is 0 Å². The lowest BCUT2D eigenvalue weighted by Gasteiger charge is -2.24. The van der Waals surface area contributed by atoms with Crippen LogP contribution in [0.1, 0.15) is 44.9 Å². The molecule has 0 radical (unpaired) electrons. The van der Waals surface area contributed by atoms with Gasteiger partial charge < -0.3 is 18.9 Å². The molecule has 1 aliphatic rings. The first-order chi connectivity index (χ1) is 18.3.